The van der Waals surface area contributed by atoms with Crippen molar-refractivity contribution in [3.05, 3.63) is 11.6 Å². The van der Waals surface area contributed by atoms with E-state index in [1.165, 1.54) is 0 Å². The molecule has 1 amide bonds. The van der Waals surface area contributed by atoms with Crippen molar-refractivity contribution in [3.8, 4) is 0 Å². The highest BCUT2D eigenvalue weighted by Crippen LogP contribution is 2.26. The first-order valence-electron chi connectivity index (χ1n) is 9.32. The lowest BCUT2D eigenvalue weighted by Crippen LogP contribution is -2.37. The number of aromatic nitrogens is 3. The highest BCUT2D eigenvalue weighted by molar-refractivity contribution is 5.73. The number of carbonyl (C=O) groups excluding carboxylic acids is 1. The van der Waals surface area contributed by atoms with Crippen molar-refractivity contribution in [2.24, 2.45) is 12.8 Å². The van der Waals surface area contributed by atoms with E-state index >= 15 is 0 Å². The maximum atomic E-state index is 10.9. The van der Waals surface area contributed by atoms with E-state index in [2.05, 4.69) is 31.6 Å². The van der Waals surface area contributed by atoms with Crippen LogP contribution in [-0.4, -0.2) is 76.4 Å². The van der Waals surface area contributed by atoms with Gasteiger partial charge in [-0.1, -0.05) is 0 Å². The van der Waals surface area contributed by atoms with Crippen LogP contribution in [0.2, 0.25) is 0 Å². The number of rotatable bonds is 7. The molecule has 2 aliphatic rings. The average molecular weight is 350 g/mol. The fraction of sp³-hybridized carbons (Fsp3) is 0.824. The van der Waals surface area contributed by atoms with Gasteiger partial charge in [0.25, 0.3) is 0 Å². The van der Waals surface area contributed by atoms with Crippen LogP contribution in [0, 0.1) is 0 Å². The number of nitrogens with two attached hydrogens (primary N) is 1. The number of nitrogens with zero attached hydrogens (tertiary/aromatic N) is 5. The Kier molecular flexibility index (Phi) is 6.39. The number of hydrogen-bond acceptors (Lipinski definition) is 6. The van der Waals surface area contributed by atoms with E-state index < -0.39 is 0 Å². The van der Waals surface area contributed by atoms with Crippen LogP contribution < -0.4 is 5.73 Å². The molecule has 0 unspecified atom stereocenters. The first-order valence-corrected chi connectivity index (χ1v) is 9.32. The lowest BCUT2D eigenvalue weighted by atomic mass is 9.97. The Balaban J connectivity index is 1.56. The Morgan fingerprint density at radius 2 is 2.04 bits per heavy atom. The van der Waals surface area contributed by atoms with E-state index in [1.807, 2.05) is 0 Å². The largest absolute Gasteiger partial charge is 0.379 e. The molecule has 0 spiro atoms. The summed E-state index contributed by atoms with van der Waals surface area (Å²) in [5.41, 5.74) is 5.23. The highest BCUT2D eigenvalue weighted by Gasteiger charge is 2.26. The quantitative estimate of drug-likeness (QED) is 0.750. The molecule has 0 saturated carbocycles. The zero-order chi connectivity index (χ0) is 17.6. The van der Waals surface area contributed by atoms with E-state index in [0.29, 0.717) is 12.3 Å². The summed E-state index contributed by atoms with van der Waals surface area (Å²) in [5.74, 6) is 2.32. The number of piperidine rings is 1. The van der Waals surface area contributed by atoms with Crippen LogP contribution in [-0.2, 0) is 23.1 Å². The van der Waals surface area contributed by atoms with Crippen molar-refractivity contribution < 1.29 is 9.53 Å². The molecule has 2 saturated heterocycles. The van der Waals surface area contributed by atoms with Gasteiger partial charge in [-0.3, -0.25) is 9.69 Å². The van der Waals surface area contributed by atoms with Gasteiger partial charge in [-0.25, -0.2) is 0 Å². The molecular formula is C17H30N6O2. The topological polar surface area (TPSA) is 89.5 Å². The summed E-state index contributed by atoms with van der Waals surface area (Å²) in [7, 11) is 2.08. The lowest BCUT2D eigenvalue weighted by Gasteiger charge is -2.32. The van der Waals surface area contributed by atoms with Crippen LogP contribution in [0.5, 0.6) is 0 Å². The molecule has 8 heteroatoms. The first kappa shape index (κ1) is 18.3. The fourth-order valence-electron chi connectivity index (χ4n) is 3.77. The molecule has 0 bridgehead atoms. The van der Waals surface area contributed by atoms with Crippen LogP contribution in [0.25, 0.3) is 0 Å². The van der Waals surface area contributed by atoms with E-state index in [0.717, 1.165) is 83.4 Å². The molecule has 0 aliphatic carbocycles. The minimum Gasteiger partial charge on any atom is -0.379 e. The predicted octanol–water partition coefficient (Wildman–Crippen LogP) is 0.0922. The van der Waals surface area contributed by atoms with E-state index in [4.69, 9.17) is 10.5 Å². The number of amides is 1. The average Bonchev–Trinajstić information content (AvgIpc) is 2.96. The van der Waals surface area contributed by atoms with Crippen molar-refractivity contribution in [2.45, 2.75) is 38.1 Å². The van der Waals surface area contributed by atoms with Gasteiger partial charge in [0.1, 0.15) is 11.6 Å². The second-order valence-electron chi connectivity index (χ2n) is 7.13. The maximum absolute atomic E-state index is 10.9. The molecule has 8 nitrogen and oxygen atoms in total. The predicted molar refractivity (Wildman–Crippen MR) is 93.9 cm³/mol. The molecule has 1 aromatic rings. The third kappa shape index (κ3) is 4.99. The number of carbonyl (C=O) groups is 1. The molecule has 140 valence electrons. The summed E-state index contributed by atoms with van der Waals surface area (Å²) < 4.78 is 7.58. The van der Waals surface area contributed by atoms with Gasteiger partial charge in [-0.2, -0.15) is 0 Å². The van der Waals surface area contributed by atoms with Gasteiger partial charge < -0.3 is 19.9 Å². The normalized spacial score (nSPS) is 23.0. The molecule has 1 aromatic heterocycles. The second-order valence-corrected chi connectivity index (χ2v) is 7.13. The zero-order valence-electron chi connectivity index (χ0n) is 15.2. The summed E-state index contributed by atoms with van der Waals surface area (Å²) in [6.45, 7) is 7.36. The monoisotopic (exact) mass is 350 g/mol. The van der Waals surface area contributed by atoms with Crippen molar-refractivity contribution in [3.63, 3.8) is 0 Å². The summed E-state index contributed by atoms with van der Waals surface area (Å²) >= 11 is 0. The first-order chi connectivity index (χ1) is 12.1. The third-order valence-electron chi connectivity index (χ3n) is 5.24. The Morgan fingerprint density at radius 3 is 2.80 bits per heavy atom. The minimum atomic E-state index is -0.213. The SMILES string of the molecule is Cn1c(CN2CCOCC2)nnc1[C@@H]1CCCN(CCCC(N)=O)C1. The van der Waals surface area contributed by atoms with Crippen LogP contribution >= 0.6 is 0 Å². The van der Waals surface area contributed by atoms with Crippen molar-refractivity contribution in [2.75, 3.05) is 45.9 Å². The molecule has 2 N–H and O–H groups in total. The van der Waals surface area contributed by atoms with Gasteiger partial charge in [0.05, 0.1) is 19.8 Å². The molecule has 1 atom stereocenters. The number of primary amides is 1. The lowest BCUT2D eigenvalue weighted by molar-refractivity contribution is -0.118. The van der Waals surface area contributed by atoms with Gasteiger partial charge in [-0.15, -0.1) is 10.2 Å². The summed E-state index contributed by atoms with van der Waals surface area (Å²) in [6, 6.07) is 0. The Bertz CT molecular complexity index is 569. The molecule has 2 aliphatic heterocycles. The Hall–Kier alpha value is -1.51. The van der Waals surface area contributed by atoms with E-state index in [1.54, 1.807) is 0 Å². The Morgan fingerprint density at radius 1 is 1.24 bits per heavy atom. The molecule has 0 aromatic carbocycles. The zero-order valence-corrected chi connectivity index (χ0v) is 15.2. The molecule has 3 rings (SSSR count). The number of hydrogen-bond donors (Lipinski definition) is 1. The van der Waals surface area contributed by atoms with Crippen LogP contribution in [0.4, 0.5) is 0 Å². The number of ether oxygens (including phenoxy) is 1. The molecule has 25 heavy (non-hydrogen) atoms. The number of likely N-dealkylation sites (tertiary alicyclic amines) is 1. The standard InChI is InChI=1S/C17H30N6O2/c1-21-16(13-23-8-10-25-11-9-23)19-20-17(21)14-4-2-6-22(12-14)7-3-5-15(18)24/h14H,2-13H2,1H3,(H2,18,24)/t14-/m1/s1. The van der Waals surface area contributed by atoms with Gasteiger partial charge >= 0.3 is 0 Å². The smallest absolute Gasteiger partial charge is 0.217 e. The summed E-state index contributed by atoms with van der Waals surface area (Å²) in [6.07, 6.45) is 3.61. The van der Waals surface area contributed by atoms with Gasteiger partial charge in [0, 0.05) is 39.0 Å². The van der Waals surface area contributed by atoms with Gasteiger partial charge in [0.15, 0.2) is 0 Å². The van der Waals surface area contributed by atoms with Crippen molar-refractivity contribution in [1.82, 2.24) is 24.6 Å². The maximum Gasteiger partial charge on any atom is 0.217 e. The van der Waals surface area contributed by atoms with Crippen LogP contribution in [0.15, 0.2) is 0 Å². The summed E-state index contributed by atoms with van der Waals surface area (Å²) in [5, 5.41) is 8.95. The molecular weight excluding hydrogens is 320 g/mol. The van der Waals surface area contributed by atoms with Gasteiger partial charge in [0.2, 0.25) is 5.91 Å². The van der Waals surface area contributed by atoms with E-state index in [-0.39, 0.29) is 5.91 Å². The highest BCUT2D eigenvalue weighted by atomic mass is 16.5. The van der Waals surface area contributed by atoms with Crippen molar-refractivity contribution in [1.29, 1.82) is 0 Å². The minimum absolute atomic E-state index is 0.213. The van der Waals surface area contributed by atoms with Crippen molar-refractivity contribution >= 4 is 5.91 Å². The Labute approximate surface area is 149 Å². The van der Waals surface area contributed by atoms with Gasteiger partial charge in [-0.05, 0) is 32.4 Å². The molecule has 0 radical (unpaired) electrons. The third-order valence-corrected chi connectivity index (χ3v) is 5.24. The fourth-order valence-corrected chi connectivity index (χ4v) is 3.77. The second kappa shape index (κ2) is 8.73. The summed E-state index contributed by atoms with van der Waals surface area (Å²) in [4.78, 5) is 15.7. The molecule has 3 heterocycles. The van der Waals surface area contributed by atoms with E-state index in [9.17, 15) is 4.79 Å². The number of morpholine rings is 1. The van der Waals surface area contributed by atoms with Crippen LogP contribution in [0.1, 0.15) is 43.3 Å². The van der Waals surface area contributed by atoms with Crippen LogP contribution in [0.3, 0.4) is 0 Å². The molecule has 2 fully saturated rings.